The van der Waals surface area contributed by atoms with Crippen molar-refractivity contribution >= 4 is 27.5 Å². The first kappa shape index (κ1) is 31.9. The van der Waals surface area contributed by atoms with Gasteiger partial charge in [0.2, 0.25) is 11.8 Å². The van der Waals surface area contributed by atoms with E-state index < -0.39 is 28.5 Å². The number of unbranched alkanes of at least 4 members (excludes halogenated alkanes) is 1. The minimum Gasteiger partial charge on any atom is -0.354 e. The van der Waals surface area contributed by atoms with E-state index in [0.717, 1.165) is 40.7 Å². The number of rotatable bonds is 13. The summed E-state index contributed by atoms with van der Waals surface area (Å²) in [5.41, 5.74) is 4.98. The quantitative estimate of drug-likeness (QED) is 0.259. The fourth-order valence-electron chi connectivity index (χ4n) is 4.83. The standard InChI is InChI=1S/C33H43N3O4S/c1-7-9-20-34-33(38)30(8-2)35(22-28-13-11-10-12-26(28)5)32(37)23-36(31-19-16-25(4)21-27(31)6)41(39,40)29-17-14-24(3)15-18-29/h10-19,21,30H,7-9,20,22-23H2,1-6H3,(H,34,38). The summed E-state index contributed by atoms with van der Waals surface area (Å²) in [6.07, 6.45) is 2.16. The van der Waals surface area contributed by atoms with Crippen LogP contribution in [0.5, 0.6) is 0 Å². The highest BCUT2D eigenvalue weighted by atomic mass is 32.2. The van der Waals surface area contributed by atoms with E-state index in [1.807, 2.05) is 77.9 Å². The van der Waals surface area contributed by atoms with Crippen molar-refractivity contribution in [2.24, 2.45) is 0 Å². The van der Waals surface area contributed by atoms with Gasteiger partial charge < -0.3 is 10.2 Å². The molecule has 0 saturated heterocycles. The molecule has 0 aromatic heterocycles. The smallest absolute Gasteiger partial charge is 0.264 e. The fraction of sp³-hybridized carbons (Fsp3) is 0.394. The lowest BCUT2D eigenvalue weighted by Gasteiger charge is -2.34. The molecule has 0 aliphatic carbocycles. The Morgan fingerprint density at radius 3 is 2.12 bits per heavy atom. The van der Waals surface area contributed by atoms with Crippen LogP contribution < -0.4 is 9.62 Å². The lowest BCUT2D eigenvalue weighted by Crippen LogP contribution is -2.52. The van der Waals surface area contributed by atoms with E-state index in [4.69, 9.17) is 0 Å². The summed E-state index contributed by atoms with van der Waals surface area (Å²) in [6.45, 7) is 11.8. The highest BCUT2D eigenvalue weighted by molar-refractivity contribution is 7.92. The van der Waals surface area contributed by atoms with E-state index >= 15 is 0 Å². The molecule has 3 aromatic rings. The number of anilines is 1. The van der Waals surface area contributed by atoms with Crippen LogP contribution in [0.2, 0.25) is 0 Å². The van der Waals surface area contributed by atoms with E-state index in [-0.39, 0.29) is 17.3 Å². The number of aryl methyl sites for hydroxylation is 4. The van der Waals surface area contributed by atoms with Crippen LogP contribution in [0, 0.1) is 27.7 Å². The van der Waals surface area contributed by atoms with Crippen LogP contribution in [0.25, 0.3) is 0 Å². The summed E-state index contributed by atoms with van der Waals surface area (Å²) in [6, 6.07) is 19.1. The van der Waals surface area contributed by atoms with E-state index in [1.54, 1.807) is 30.3 Å². The van der Waals surface area contributed by atoms with Crippen molar-refractivity contribution in [2.75, 3.05) is 17.4 Å². The first-order valence-corrected chi connectivity index (χ1v) is 15.7. The Kier molecular flexibility index (Phi) is 11.1. The molecule has 8 heteroatoms. The second-order valence-corrected chi connectivity index (χ2v) is 12.5. The third-order valence-electron chi connectivity index (χ3n) is 7.33. The number of sulfonamides is 1. The molecule has 1 atom stereocenters. The molecule has 41 heavy (non-hydrogen) atoms. The number of nitrogens with zero attached hydrogens (tertiary/aromatic N) is 2. The molecule has 0 spiro atoms. The van der Waals surface area contributed by atoms with Gasteiger partial charge in [0, 0.05) is 13.1 Å². The van der Waals surface area contributed by atoms with Gasteiger partial charge in [0.1, 0.15) is 12.6 Å². The lowest BCUT2D eigenvalue weighted by atomic mass is 10.1. The predicted octanol–water partition coefficient (Wildman–Crippen LogP) is 5.84. The molecule has 0 aliphatic rings. The molecule has 3 rings (SSSR count). The summed E-state index contributed by atoms with van der Waals surface area (Å²) in [7, 11) is -4.10. The molecule has 1 unspecified atom stereocenters. The molecular weight excluding hydrogens is 534 g/mol. The maximum Gasteiger partial charge on any atom is 0.264 e. The molecule has 0 saturated carbocycles. The summed E-state index contributed by atoms with van der Waals surface area (Å²) in [5.74, 6) is -0.677. The number of hydrogen-bond acceptors (Lipinski definition) is 4. The second kappa shape index (κ2) is 14.3. The van der Waals surface area contributed by atoms with Gasteiger partial charge in [-0.1, -0.05) is 79.9 Å². The third kappa shape index (κ3) is 7.97. The highest BCUT2D eigenvalue weighted by Crippen LogP contribution is 2.28. The third-order valence-corrected chi connectivity index (χ3v) is 9.10. The highest BCUT2D eigenvalue weighted by Gasteiger charge is 2.34. The van der Waals surface area contributed by atoms with Gasteiger partial charge in [-0.25, -0.2) is 8.42 Å². The van der Waals surface area contributed by atoms with Crippen LogP contribution in [-0.4, -0.2) is 44.3 Å². The molecule has 0 aliphatic heterocycles. The molecule has 2 amide bonds. The number of hydrogen-bond donors (Lipinski definition) is 1. The number of carbonyl (C=O) groups excluding carboxylic acids is 2. The van der Waals surface area contributed by atoms with Crippen LogP contribution in [-0.2, 0) is 26.2 Å². The summed E-state index contributed by atoms with van der Waals surface area (Å²) in [4.78, 5) is 29.2. The Bertz CT molecular complexity index is 1450. The summed E-state index contributed by atoms with van der Waals surface area (Å²) < 4.78 is 29.3. The zero-order valence-corrected chi connectivity index (χ0v) is 25.9. The minimum atomic E-state index is -4.10. The fourth-order valence-corrected chi connectivity index (χ4v) is 6.31. The zero-order valence-electron chi connectivity index (χ0n) is 25.1. The average molecular weight is 578 g/mol. The van der Waals surface area contributed by atoms with Gasteiger partial charge in [-0.3, -0.25) is 13.9 Å². The molecule has 0 fully saturated rings. The predicted molar refractivity (Wildman–Crippen MR) is 165 cm³/mol. The number of amides is 2. The Hall–Kier alpha value is -3.65. The van der Waals surface area contributed by atoms with Crippen molar-refractivity contribution in [3.63, 3.8) is 0 Å². The van der Waals surface area contributed by atoms with E-state index in [2.05, 4.69) is 5.32 Å². The monoisotopic (exact) mass is 577 g/mol. The van der Waals surface area contributed by atoms with Gasteiger partial charge in [-0.15, -0.1) is 0 Å². The molecule has 0 radical (unpaired) electrons. The summed E-state index contributed by atoms with van der Waals surface area (Å²) in [5, 5.41) is 2.97. The Morgan fingerprint density at radius 1 is 0.854 bits per heavy atom. The molecular formula is C33H43N3O4S. The van der Waals surface area contributed by atoms with Crippen molar-refractivity contribution in [3.05, 3.63) is 94.5 Å². The van der Waals surface area contributed by atoms with Crippen molar-refractivity contribution in [3.8, 4) is 0 Å². The maximum absolute atomic E-state index is 14.2. The minimum absolute atomic E-state index is 0.102. The van der Waals surface area contributed by atoms with Crippen LogP contribution in [0.4, 0.5) is 5.69 Å². The van der Waals surface area contributed by atoms with Gasteiger partial charge in [0.25, 0.3) is 10.0 Å². The molecule has 0 heterocycles. The van der Waals surface area contributed by atoms with Crippen LogP contribution in [0.15, 0.2) is 71.6 Å². The van der Waals surface area contributed by atoms with Gasteiger partial charge in [-0.05, 0) is 75.4 Å². The topological polar surface area (TPSA) is 86.8 Å². The first-order valence-electron chi connectivity index (χ1n) is 14.3. The Morgan fingerprint density at radius 2 is 1.51 bits per heavy atom. The molecule has 0 bridgehead atoms. The van der Waals surface area contributed by atoms with Gasteiger partial charge in [0.15, 0.2) is 0 Å². The number of nitrogens with one attached hydrogen (secondary N) is 1. The Balaban J connectivity index is 2.08. The Labute approximate surface area is 245 Å². The van der Waals surface area contributed by atoms with Crippen LogP contribution in [0.1, 0.15) is 60.9 Å². The van der Waals surface area contributed by atoms with Crippen molar-refractivity contribution in [2.45, 2.75) is 78.3 Å². The van der Waals surface area contributed by atoms with E-state index in [1.165, 1.54) is 9.21 Å². The molecule has 220 valence electrons. The molecule has 7 nitrogen and oxygen atoms in total. The largest absolute Gasteiger partial charge is 0.354 e. The molecule has 3 aromatic carbocycles. The summed E-state index contributed by atoms with van der Waals surface area (Å²) >= 11 is 0. The zero-order chi connectivity index (χ0) is 30.2. The van der Waals surface area contributed by atoms with Crippen LogP contribution >= 0.6 is 0 Å². The van der Waals surface area contributed by atoms with E-state index in [9.17, 15) is 18.0 Å². The van der Waals surface area contributed by atoms with E-state index in [0.29, 0.717) is 18.7 Å². The maximum atomic E-state index is 14.2. The van der Waals surface area contributed by atoms with Crippen molar-refractivity contribution < 1.29 is 18.0 Å². The number of carbonyl (C=O) groups is 2. The first-order chi connectivity index (χ1) is 19.5. The van der Waals surface area contributed by atoms with Gasteiger partial charge in [-0.2, -0.15) is 0 Å². The van der Waals surface area contributed by atoms with Gasteiger partial charge >= 0.3 is 0 Å². The second-order valence-electron chi connectivity index (χ2n) is 10.6. The number of benzene rings is 3. The average Bonchev–Trinajstić information content (AvgIpc) is 2.93. The molecule has 1 N–H and O–H groups in total. The van der Waals surface area contributed by atoms with Crippen LogP contribution in [0.3, 0.4) is 0 Å². The van der Waals surface area contributed by atoms with Gasteiger partial charge in [0.05, 0.1) is 10.6 Å². The lowest BCUT2D eigenvalue weighted by molar-refractivity contribution is -0.140. The van der Waals surface area contributed by atoms with Crippen molar-refractivity contribution in [1.82, 2.24) is 10.2 Å². The normalized spacial score (nSPS) is 12.0. The SMILES string of the molecule is CCCCNC(=O)C(CC)N(Cc1ccccc1C)C(=O)CN(c1ccc(C)cc1C)S(=O)(=O)c1ccc(C)cc1. The van der Waals surface area contributed by atoms with Crippen molar-refractivity contribution in [1.29, 1.82) is 0 Å².